The maximum atomic E-state index is 6.23. The lowest BCUT2D eigenvalue weighted by atomic mass is 10.1. The third-order valence-corrected chi connectivity index (χ3v) is 5.29. The molecule has 0 spiro atoms. The van der Waals surface area contributed by atoms with Crippen LogP contribution >= 0.6 is 23.4 Å². The van der Waals surface area contributed by atoms with Gasteiger partial charge in [-0.25, -0.2) is 0 Å². The fourth-order valence-electron chi connectivity index (χ4n) is 2.59. The van der Waals surface area contributed by atoms with Crippen LogP contribution in [0.15, 0.2) is 59.8 Å². The summed E-state index contributed by atoms with van der Waals surface area (Å²) < 4.78 is 2.20. The summed E-state index contributed by atoms with van der Waals surface area (Å²) in [6.45, 7) is 3.01. The molecule has 2 aromatic carbocycles. The van der Waals surface area contributed by atoms with Crippen LogP contribution in [0.3, 0.4) is 0 Å². The molecule has 3 rings (SSSR count). The molecule has 0 aliphatic carbocycles. The van der Waals surface area contributed by atoms with Crippen LogP contribution in [0.1, 0.15) is 23.9 Å². The molecule has 3 aromatic rings. The fraction of sp³-hybridized carbons (Fsp3) is 0.263. The Morgan fingerprint density at radius 1 is 0.958 bits per heavy atom. The summed E-state index contributed by atoms with van der Waals surface area (Å²) in [5.74, 6) is 1.85. The van der Waals surface area contributed by atoms with Crippen LogP contribution < -0.4 is 0 Å². The number of aryl methyl sites for hydroxylation is 2. The Balaban J connectivity index is 1.67. The highest BCUT2D eigenvalue weighted by atomic mass is 35.5. The summed E-state index contributed by atoms with van der Waals surface area (Å²) in [4.78, 5) is 0. The maximum Gasteiger partial charge on any atom is 0.191 e. The molecule has 0 aliphatic heterocycles. The molecule has 5 heteroatoms. The number of thioether (sulfide) groups is 1. The molecular formula is C19H20ClN3S. The maximum absolute atomic E-state index is 6.23. The zero-order chi connectivity index (χ0) is 16.8. The lowest BCUT2D eigenvalue weighted by Crippen LogP contribution is -2.05. The highest BCUT2D eigenvalue weighted by Gasteiger charge is 2.12. The lowest BCUT2D eigenvalue weighted by Gasteiger charge is -2.08. The number of benzene rings is 2. The van der Waals surface area contributed by atoms with Gasteiger partial charge in [-0.15, -0.1) is 10.2 Å². The molecule has 124 valence electrons. The Bertz CT molecular complexity index is 786. The topological polar surface area (TPSA) is 30.7 Å². The van der Waals surface area contributed by atoms with Gasteiger partial charge in [0.15, 0.2) is 5.16 Å². The summed E-state index contributed by atoms with van der Waals surface area (Å²) in [6, 6.07) is 18.4. The van der Waals surface area contributed by atoms with Gasteiger partial charge in [0, 0.05) is 23.7 Å². The lowest BCUT2D eigenvalue weighted by molar-refractivity contribution is 0.638. The van der Waals surface area contributed by atoms with Crippen molar-refractivity contribution in [2.45, 2.75) is 37.2 Å². The first kappa shape index (κ1) is 17.1. The van der Waals surface area contributed by atoms with E-state index in [1.54, 1.807) is 11.8 Å². The molecule has 3 nitrogen and oxygen atoms in total. The van der Waals surface area contributed by atoms with E-state index in [1.807, 2.05) is 24.3 Å². The number of hydrogen-bond donors (Lipinski definition) is 0. The van der Waals surface area contributed by atoms with E-state index in [0.717, 1.165) is 46.7 Å². The Morgan fingerprint density at radius 3 is 2.46 bits per heavy atom. The molecule has 1 heterocycles. The van der Waals surface area contributed by atoms with E-state index in [0.29, 0.717) is 0 Å². The monoisotopic (exact) mass is 357 g/mol. The second-order valence-electron chi connectivity index (χ2n) is 5.51. The van der Waals surface area contributed by atoms with Crippen molar-refractivity contribution in [2.24, 2.45) is 0 Å². The van der Waals surface area contributed by atoms with Crippen LogP contribution in [0, 0.1) is 0 Å². The van der Waals surface area contributed by atoms with Gasteiger partial charge in [-0.1, -0.05) is 71.9 Å². The van der Waals surface area contributed by atoms with Crippen molar-refractivity contribution < 1.29 is 0 Å². The first-order valence-electron chi connectivity index (χ1n) is 8.10. The molecule has 1 aromatic heterocycles. The van der Waals surface area contributed by atoms with Crippen molar-refractivity contribution in [1.29, 1.82) is 0 Å². The Kier molecular flexibility index (Phi) is 5.94. The Labute approximate surface area is 152 Å². The highest BCUT2D eigenvalue weighted by molar-refractivity contribution is 7.98. The summed E-state index contributed by atoms with van der Waals surface area (Å²) in [5.41, 5.74) is 2.45. The van der Waals surface area contributed by atoms with Crippen molar-refractivity contribution in [3.8, 4) is 0 Å². The fourth-order valence-corrected chi connectivity index (χ4v) is 3.89. The number of halogens is 1. The predicted molar refractivity (Wildman–Crippen MR) is 101 cm³/mol. The molecule has 0 N–H and O–H groups in total. The van der Waals surface area contributed by atoms with Crippen molar-refractivity contribution >= 4 is 23.4 Å². The van der Waals surface area contributed by atoms with Crippen molar-refractivity contribution in [1.82, 2.24) is 14.8 Å². The van der Waals surface area contributed by atoms with Crippen LogP contribution in [0.25, 0.3) is 0 Å². The van der Waals surface area contributed by atoms with E-state index in [-0.39, 0.29) is 0 Å². The summed E-state index contributed by atoms with van der Waals surface area (Å²) in [5, 5.41) is 10.5. The number of hydrogen-bond acceptors (Lipinski definition) is 3. The van der Waals surface area contributed by atoms with Gasteiger partial charge in [-0.05, 0) is 30.5 Å². The van der Waals surface area contributed by atoms with Crippen molar-refractivity contribution in [2.75, 3.05) is 0 Å². The molecule has 0 saturated carbocycles. The van der Waals surface area contributed by atoms with Gasteiger partial charge in [0.1, 0.15) is 5.82 Å². The minimum absolute atomic E-state index is 0.802. The number of rotatable bonds is 7. The summed E-state index contributed by atoms with van der Waals surface area (Å²) in [7, 11) is 0. The molecular weight excluding hydrogens is 338 g/mol. The molecule has 0 amide bonds. The Morgan fingerprint density at radius 2 is 1.71 bits per heavy atom. The molecule has 24 heavy (non-hydrogen) atoms. The van der Waals surface area contributed by atoms with Gasteiger partial charge in [0.25, 0.3) is 0 Å². The van der Waals surface area contributed by atoms with Gasteiger partial charge in [-0.2, -0.15) is 0 Å². The largest absolute Gasteiger partial charge is 0.306 e. The van der Waals surface area contributed by atoms with E-state index in [2.05, 4.69) is 52.0 Å². The second kappa shape index (κ2) is 8.36. The first-order chi connectivity index (χ1) is 11.8. The molecule has 0 aliphatic rings. The standard InChI is InChI=1S/C19H20ClN3S/c1-2-23-18(13-12-15-8-4-3-5-9-15)21-22-19(23)24-14-16-10-6-7-11-17(16)20/h3-11H,2,12-14H2,1H3. The predicted octanol–water partition coefficient (Wildman–Crippen LogP) is 5.03. The number of aromatic nitrogens is 3. The minimum Gasteiger partial charge on any atom is -0.306 e. The summed E-state index contributed by atoms with van der Waals surface area (Å²) in [6.07, 6.45) is 1.88. The molecule has 0 unspecified atom stereocenters. The quantitative estimate of drug-likeness (QED) is 0.556. The SMILES string of the molecule is CCn1c(CCc2ccccc2)nnc1SCc1ccccc1Cl. The van der Waals surface area contributed by atoms with Gasteiger partial charge in [0.05, 0.1) is 0 Å². The van der Waals surface area contributed by atoms with E-state index >= 15 is 0 Å². The zero-order valence-corrected chi connectivity index (χ0v) is 15.2. The second-order valence-corrected chi connectivity index (χ2v) is 6.86. The third kappa shape index (κ3) is 4.19. The zero-order valence-electron chi connectivity index (χ0n) is 13.7. The van der Waals surface area contributed by atoms with Crippen LogP contribution in [0.5, 0.6) is 0 Å². The average Bonchev–Trinajstić information content (AvgIpc) is 3.02. The van der Waals surface area contributed by atoms with Crippen LogP contribution in [0.4, 0.5) is 0 Å². The van der Waals surface area contributed by atoms with Crippen LogP contribution in [-0.2, 0) is 25.1 Å². The molecule has 0 radical (unpaired) electrons. The van der Waals surface area contributed by atoms with Crippen molar-refractivity contribution in [3.63, 3.8) is 0 Å². The normalized spacial score (nSPS) is 10.9. The van der Waals surface area contributed by atoms with Crippen molar-refractivity contribution in [3.05, 3.63) is 76.6 Å². The third-order valence-electron chi connectivity index (χ3n) is 3.90. The number of nitrogens with zero attached hydrogens (tertiary/aromatic N) is 3. The minimum atomic E-state index is 0.802. The van der Waals surface area contributed by atoms with Gasteiger partial charge < -0.3 is 4.57 Å². The molecule has 0 fully saturated rings. The molecule has 0 bridgehead atoms. The highest BCUT2D eigenvalue weighted by Crippen LogP contribution is 2.26. The average molecular weight is 358 g/mol. The van der Waals surface area contributed by atoms with Crippen LogP contribution in [-0.4, -0.2) is 14.8 Å². The van der Waals surface area contributed by atoms with Gasteiger partial charge >= 0.3 is 0 Å². The van der Waals surface area contributed by atoms with E-state index in [9.17, 15) is 0 Å². The van der Waals surface area contributed by atoms with Crippen LogP contribution in [0.2, 0.25) is 5.02 Å². The molecule has 0 saturated heterocycles. The Hall–Kier alpha value is -1.78. The van der Waals surface area contributed by atoms with Gasteiger partial charge in [0.2, 0.25) is 0 Å². The van der Waals surface area contributed by atoms with E-state index in [1.165, 1.54) is 5.56 Å². The molecule has 0 atom stereocenters. The van der Waals surface area contributed by atoms with E-state index in [4.69, 9.17) is 11.6 Å². The summed E-state index contributed by atoms with van der Waals surface area (Å²) >= 11 is 7.92. The first-order valence-corrected chi connectivity index (χ1v) is 9.46. The van der Waals surface area contributed by atoms with E-state index < -0.39 is 0 Å². The smallest absolute Gasteiger partial charge is 0.191 e. The van der Waals surface area contributed by atoms with Gasteiger partial charge in [-0.3, -0.25) is 0 Å².